The van der Waals surface area contributed by atoms with Gasteiger partial charge in [0.15, 0.2) is 0 Å². The van der Waals surface area contributed by atoms with Crippen LogP contribution in [0.25, 0.3) is 0 Å². The van der Waals surface area contributed by atoms with Crippen LogP contribution in [-0.2, 0) is 16.6 Å². The highest BCUT2D eigenvalue weighted by atomic mass is 32.2. The van der Waals surface area contributed by atoms with Crippen LogP contribution in [0.3, 0.4) is 0 Å². The first kappa shape index (κ1) is 14.5. The molecule has 0 aliphatic heterocycles. The second-order valence-corrected chi connectivity index (χ2v) is 6.47. The number of H-pyrrole nitrogens is 1. The van der Waals surface area contributed by atoms with E-state index >= 15 is 0 Å². The fourth-order valence-corrected chi connectivity index (χ4v) is 3.46. The number of sulfonamides is 1. The van der Waals surface area contributed by atoms with Crippen LogP contribution in [0, 0.1) is 6.92 Å². The van der Waals surface area contributed by atoms with Gasteiger partial charge in [-0.05, 0) is 12.5 Å². The third-order valence-electron chi connectivity index (χ3n) is 3.04. The molecule has 2 rings (SSSR count). The van der Waals surface area contributed by atoms with E-state index in [0.717, 1.165) is 11.1 Å². The molecule has 1 aromatic carbocycles. The van der Waals surface area contributed by atoms with Crippen molar-refractivity contribution < 1.29 is 8.42 Å². The molecule has 1 aromatic heterocycles. The van der Waals surface area contributed by atoms with Gasteiger partial charge in [-0.15, -0.1) is 0 Å². The lowest BCUT2D eigenvalue weighted by molar-refractivity contribution is 0.423. The van der Waals surface area contributed by atoms with E-state index in [1.807, 2.05) is 31.2 Å². The number of benzene rings is 1. The first-order valence-corrected chi connectivity index (χ1v) is 7.73. The fourth-order valence-electron chi connectivity index (χ4n) is 2.01. The predicted octanol–water partition coefficient (Wildman–Crippen LogP) is 1.51. The molecule has 7 heteroatoms. The first-order chi connectivity index (χ1) is 9.45. The largest absolute Gasteiger partial charge is 0.383 e. The Morgan fingerprint density at radius 3 is 2.70 bits per heavy atom. The van der Waals surface area contributed by atoms with Crippen molar-refractivity contribution in [2.75, 3.05) is 12.3 Å². The number of anilines is 1. The molecule has 0 amide bonds. The molecule has 2 aromatic rings. The second kappa shape index (κ2) is 5.64. The van der Waals surface area contributed by atoms with Gasteiger partial charge in [-0.2, -0.15) is 9.40 Å². The van der Waals surface area contributed by atoms with Crippen molar-refractivity contribution in [3.8, 4) is 0 Å². The minimum absolute atomic E-state index is 0.0204. The van der Waals surface area contributed by atoms with Crippen molar-refractivity contribution >= 4 is 15.8 Å². The Morgan fingerprint density at radius 2 is 2.15 bits per heavy atom. The van der Waals surface area contributed by atoms with Gasteiger partial charge in [-0.3, -0.25) is 5.10 Å². The van der Waals surface area contributed by atoms with Gasteiger partial charge in [0, 0.05) is 13.1 Å². The molecule has 0 aliphatic rings. The summed E-state index contributed by atoms with van der Waals surface area (Å²) in [5.41, 5.74) is 7.65. The Hall–Kier alpha value is -1.86. The van der Waals surface area contributed by atoms with Crippen LogP contribution in [0.2, 0.25) is 0 Å². The maximum absolute atomic E-state index is 12.5. The lowest BCUT2D eigenvalue weighted by Gasteiger charge is -2.20. The second-order valence-electron chi connectivity index (χ2n) is 4.57. The summed E-state index contributed by atoms with van der Waals surface area (Å²) in [6, 6.07) is 7.76. The lowest BCUT2D eigenvalue weighted by Crippen LogP contribution is -2.30. The molecule has 0 unspecified atom stereocenters. The Balaban J connectivity index is 2.31. The summed E-state index contributed by atoms with van der Waals surface area (Å²) in [5.74, 6) is 0.0627. The fraction of sp³-hybridized carbons (Fsp3) is 0.308. The third kappa shape index (κ3) is 2.83. The van der Waals surface area contributed by atoms with Crippen LogP contribution < -0.4 is 5.73 Å². The van der Waals surface area contributed by atoms with Gasteiger partial charge in [-0.25, -0.2) is 8.42 Å². The van der Waals surface area contributed by atoms with Crippen molar-refractivity contribution in [2.24, 2.45) is 0 Å². The number of rotatable bonds is 5. The summed E-state index contributed by atoms with van der Waals surface area (Å²) in [6.45, 7) is 4.44. The van der Waals surface area contributed by atoms with Crippen molar-refractivity contribution in [1.29, 1.82) is 0 Å². The van der Waals surface area contributed by atoms with Gasteiger partial charge in [0.1, 0.15) is 10.7 Å². The molecule has 0 radical (unpaired) electrons. The maximum Gasteiger partial charge on any atom is 0.248 e. The number of hydrogen-bond donors (Lipinski definition) is 2. The van der Waals surface area contributed by atoms with Crippen molar-refractivity contribution in [2.45, 2.75) is 25.3 Å². The summed E-state index contributed by atoms with van der Waals surface area (Å²) >= 11 is 0. The molecule has 0 bridgehead atoms. The highest BCUT2D eigenvalue weighted by Gasteiger charge is 2.26. The van der Waals surface area contributed by atoms with E-state index in [1.54, 1.807) is 6.92 Å². The molecule has 20 heavy (non-hydrogen) atoms. The Kier molecular flexibility index (Phi) is 4.10. The Labute approximate surface area is 118 Å². The summed E-state index contributed by atoms with van der Waals surface area (Å²) in [4.78, 5) is 0.0204. The van der Waals surface area contributed by atoms with E-state index in [9.17, 15) is 8.42 Å². The maximum atomic E-state index is 12.5. The Bertz CT molecular complexity index is 694. The van der Waals surface area contributed by atoms with Crippen molar-refractivity contribution in [3.63, 3.8) is 0 Å². The van der Waals surface area contributed by atoms with E-state index in [0.29, 0.717) is 13.1 Å². The summed E-state index contributed by atoms with van der Waals surface area (Å²) in [6.07, 6.45) is 1.24. The van der Waals surface area contributed by atoms with Gasteiger partial charge >= 0.3 is 0 Å². The monoisotopic (exact) mass is 294 g/mol. The number of nitrogen functional groups attached to an aromatic ring is 1. The molecule has 0 aliphatic carbocycles. The van der Waals surface area contributed by atoms with E-state index < -0.39 is 10.0 Å². The molecule has 0 saturated heterocycles. The number of aromatic nitrogens is 2. The van der Waals surface area contributed by atoms with Gasteiger partial charge in [0.05, 0.1) is 6.20 Å². The molecule has 3 N–H and O–H groups in total. The zero-order valence-corrected chi connectivity index (χ0v) is 12.3. The SMILES string of the molecule is CCN(Cc1cccc(C)c1)S(=O)(=O)c1cn[nH]c1N. The smallest absolute Gasteiger partial charge is 0.248 e. The molecule has 6 nitrogen and oxygen atoms in total. The quantitative estimate of drug-likeness (QED) is 0.874. The summed E-state index contributed by atoms with van der Waals surface area (Å²) < 4.78 is 26.4. The highest BCUT2D eigenvalue weighted by molar-refractivity contribution is 7.89. The van der Waals surface area contributed by atoms with Gasteiger partial charge in [0.25, 0.3) is 0 Å². The minimum Gasteiger partial charge on any atom is -0.383 e. The number of aryl methyl sites for hydroxylation is 1. The summed E-state index contributed by atoms with van der Waals surface area (Å²) in [7, 11) is -3.63. The van der Waals surface area contributed by atoms with Crippen LogP contribution in [-0.4, -0.2) is 29.5 Å². The number of nitrogens with one attached hydrogen (secondary N) is 1. The van der Waals surface area contributed by atoms with Crippen LogP contribution in [0.5, 0.6) is 0 Å². The zero-order valence-electron chi connectivity index (χ0n) is 11.5. The van der Waals surface area contributed by atoms with E-state index in [4.69, 9.17) is 5.73 Å². The van der Waals surface area contributed by atoms with Crippen LogP contribution in [0.1, 0.15) is 18.1 Å². The minimum atomic E-state index is -3.63. The van der Waals surface area contributed by atoms with Gasteiger partial charge in [-0.1, -0.05) is 36.8 Å². The third-order valence-corrected chi connectivity index (χ3v) is 4.99. The molecule has 1 heterocycles. The van der Waals surface area contributed by atoms with Crippen LogP contribution in [0.4, 0.5) is 5.82 Å². The van der Waals surface area contributed by atoms with Crippen LogP contribution in [0.15, 0.2) is 35.4 Å². The lowest BCUT2D eigenvalue weighted by atomic mass is 10.1. The van der Waals surface area contributed by atoms with Gasteiger partial charge in [0.2, 0.25) is 10.0 Å². The van der Waals surface area contributed by atoms with E-state index in [2.05, 4.69) is 10.2 Å². The topological polar surface area (TPSA) is 92.1 Å². The average molecular weight is 294 g/mol. The predicted molar refractivity (Wildman–Crippen MR) is 77.4 cm³/mol. The highest BCUT2D eigenvalue weighted by Crippen LogP contribution is 2.21. The normalized spacial score (nSPS) is 11.9. The first-order valence-electron chi connectivity index (χ1n) is 6.29. The molecule has 0 fully saturated rings. The standard InChI is InChI=1S/C13H18N4O2S/c1-3-17(9-11-6-4-5-10(2)7-11)20(18,19)12-8-15-16-13(12)14/h4-8H,3,9H2,1-2H3,(H3,14,15,16). The Morgan fingerprint density at radius 1 is 1.40 bits per heavy atom. The molecule has 0 spiro atoms. The van der Waals surface area contributed by atoms with E-state index in [1.165, 1.54) is 10.5 Å². The molecular formula is C13H18N4O2S. The van der Waals surface area contributed by atoms with Crippen molar-refractivity contribution in [1.82, 2.24) is 14.5 Å². The van der Waals surface area contributed by atoms with Crippen molar-refractivity contribution in [3.05, 3.63) is 41.6 Å². The summed E-state index contributed by atoms with van der Waals surface area (Å²) in [5, 5.41) is 6.12. The molecular weight excluding hydrogens is 276 g/mol. The molecule has 108 valence electrons. The molecule has 0 saturated carbocycles. The van der Waals surface area contributed by atoms with Crippen LogP contribution >= 0.6 is 0 Å². The number of nitrogens with two attached hydrogens (primary N) is 1. The number of nitrogens with zero attached hydrogens (tertiary/aromatic N) is 2. The molecule has 0 atom stereocenters. The van der Waals surface area contributed by atoms with E-state index in [-0.39, 0.29) is 10.7 Å². The zero-order chi connectivity index (χ0) is 14.8. The average Bonchev–Trinajstić information content (AvgIpc) is 2.83. The number of aromatic amines is 1. The van der Waals surface area contributed by atoms with Gasteiger partial charge < -0.3 is 5.73 Å². The number of hydrogen-bond acceptors (Lipinski definition) is 4.